The molecule has 0 N–H and O–H groups in total. The normalized spacial score (nSPS) is 24.0. The van der Waals surface area contributed by atoms with Gasteiger partial charge in [0.15, 0.2) is 0 Å². The molecule has 1 heteroatoms. The second-order valence-corrected chi connectivity index (χ2v) is 3.30. The van der Waals surface area contributed by atoms with Crippen molar-refractivity contribution in [2.24, 2.45) is 0 Å². The molecule has 0 spiro atoms. The van der Waals surface area contributed by atoms with E-state index >= 15 is 0 Å². The van der Waals surface area contributed by atoms with Gasteiger partial charge in [0, 0.05) is 6.61 Å². The summed E-state index contributed by atoms with van der Waals surface area (Å²) in [6.07, 6.45) is 10.7. The molecule has 0 bridgehead atoms. The molecule has 1 aliphatic heterocycles. The lowest BCUT2D eigenvalue weighted by Gasteiger charge is -1.99. The van der Waals surface area contributed by atoms with Crippen LogP contribution in [0.15, 0.2) is 0 Å². The monoisotopic (exact) mass is 155 g/mol. The average Bonchev–Trinajstić information content (AvgIpc) is 2.08. The number of hydrogen-bond donors (Lipinski definition) is 0. The van der Waals surface area contributed by atoms with Crippen molar-refractivity contribution in [3.63, 3.8) is 0 Å². The molecular weight excluding hydrogens is 136 g/mol. The molecule has 0 saturated carbocycles. The third-order valence-electron chi connectivity index (χ3n) is 2.20. The number of rotatable bonds is 0. The van der Waals surface area contributed by atoms with Gasteiger partial charge in [-0.2, -0.15) is 0 Å². The van der Waals surface area contributed by atoms with E-state index in [4.69, 9.17) is 4.74 Å². The molecule has 0 aromatic heterocycles. The van der Waals surface area contributed by atoms with Crippen molar-refractivity contribution in [1.82, 2.24) is 0 Å². The fraction of sp³-hybridized carbons (Fsp3) is 0.900. The van der Waals surface area contributed by atoms with E-state index in [1.807, 2.05) is 6.61 Å². The lowest BCUT2D eigenvalue weighted by molar-refractivity contribution is 0.185. The van der Waals surface area contributed by atoms with Gasteiger partial charge in [0.2, 0.25) is 0 Å². The second kappa shape index (κ2) is 6.66. The molecule has 1 nitrogen and oxygen atoms in total. The number of hydrogen-bond acceptors (Lipinski definition) is 1. The first kappa shape index (κ1) is 9.05. The van der Waals surface area contributed by atoms with E-state index in [2.05, 4.69) is 0 Å². The van der Waals surface area contributed by atoms with Crippen LogP contribution >= 0.6 is 0 Å². The SMILES string of the molecule is [CH]1CCCCCCCCCO1. The maximum absolute atomic E-state index is 5.34. The van der Waals surface area contributed by atoms with Gasteiger partial charge in [0.05, 0.1) is 6.61 Å². The minimum atomic E-state index is 0.944. The van der Waals surface area contributed by atoms with Gasteiger partial charge < -0.3 is 4.74 Å². The largest absolute Gasteiger partial charge is 0.376 e. The minimum absolute atomic E-state index is 0.944. The Hall–Kier alpha value is -0.0400. The summed E-state index contributed by atoms with van der Waals surface area (Å²) in [5.41, 5.74) is 0. The Kier molecular flexibility index (Phi) is 5.48. The van der Waals surface area contributed by atoms with E-state index in [1.54, 1.807) is 0 Å². The Bertz CT molecular complexity index is 42.9. The van der Waals surface area contributed by atoms with Crippen LogP contribution in [-0.4, -0.2) is 6.61 Å². The molecule has 1 rings (SSSR count). The van der Waals surface area contributed by atoms with E-state index in [0.29, 0.717) is 0 Å². The Morgan fingerprint density at radius 1 is 0.727 bits per heavy atom. The van der Waals surface area contributed by atoms with Crippen LogP contribution in [0, 0.1) is 6.61 Å². The van der Waals surface area contributed by atoms with Crippen molar-refractivity contribution in [3.05, 3.63) is 6.61 Å². The Morgan fingerprint density at radius 3 is 2.18 bits per heavy atom. The van der Waals surface area contributed by atoms with Crippen LogP contribution in [0.25, 0.3) is 0 Å². The molecule has 1 fully saturated rings. The van der Waals surface area contributed by atoms with Crippen molar-refractivity contribution >= 4 is 0 Å². The summed E-state index contributed by atoms with van der Waals surface area (Å²) in [7, 11) is 0. The Balaban J connectivity index is 2.02. The van der Waals surface area contributed by atoms with Gasteiger partial charge in [-0.1, -0.05) is 38.5 Å². The highest BCUT2D eigenvalue weighted by atomic mass is 16.5. The molecule has 1 radical (unpaired) electrons. The maximum atomic E-state index is 5.34. The van der Waals surface area contributed by atoms with Crippen LogP contribution in [0.1, 0.15) is 51.4 Å². The topological polar surface area (TPSA) is 9.23 Å². The molecule has 65 valence electrons. The zero-order valence-electron chi connectivity index (χ0n) is 7.35. The smallest absolute Gasteiger partial charge is 0.0836 e. The molecule has 0 aromatic rings. The predicted octanol–water partition coefficient (Wildman–Crippen LogP) is 3.30. The summed E-state index contributed by atoms with van der Waals surface area (Å²) in [6.45, 7) is 2.94. The van der Waals surface area contributed by atoms with Gasteiger partial charge >= 0.3 is 0 Å². The third kappa shape index (κ3) is 5.25. The average molecular weight is 155 g/mol. The van der Waals surface area contributed by atoms with Crippen molar-refractivity contribution in [2.75, 3.05) is 6.61 Å². The first-order valence-electron chi connectivity index (χ1n) is 4.93. The first-order chi connectivity index (χ1) is 5.50. The van der Waals surface area contributed by atoms with Crippen LogP contribution in [0.3, 0.4) is 0 Å². The van der Waals surface area contributed by atoms with Crippen LogP contribution < -0.4 is 0 Å². The van der Waals surface area contributed by atoms with Gasteiger partial charge in [0.25, 0.3) is 0 Å². The second-order valence-electron chi connectivity index (χ2n) is 3.30. The van der Waals surface area contributed by atoms with Gasteiger partial charge in [-0.05, 0) is 12.8 Å². The molecule has 1 aliphatic rings. The fourth-order valence-electron chi connectivity index (χ4n) is 1.46. The zero-order valence-corrected chi connectivity index (χ0v) is 7.35. The summed E-state index contributed by atoms with van der Waals surface area (Å²) >= 11 is 0. The lowest BCUT2D eigenvalue weighted by Crippen LogP contribution is -1.90. The lowest BCUT2D eigenvalue weighted by atomic mass is 10.1. The molecule has 0 aromatic carbocycles. The highest BCUT2D eigenvalue weighted by Gasteiger charge is 1.96. The molecule has 0 atom stereocenters. The first-order valence-corrected chi connectivity index (χ1v) is 4.93. The molecule has 1 saturated heterocycles. The summed E-state index contributed by atoms with van der Waals surface area (Å²) in [5.74, 6) is 0. The van der Waals surface area contributed by atoms with E-state index in [-0.39, 0.29) is 0 Å². The summed E-state index contributed by atoms with van der Waals surface area (Å²) in [4.78, 5) is 0. The van der Waals surface area contributed by atoms with Crippen molar-refractivity contribution in [1.29, 1.82) is 0 Å². The fourth-order valence-corrected chi connectivity index (χ4v) is 1.46. The predicted molar refractivity (Wildman–Crippen MR) is 47.2 cm³/mol. The Morgan fingerprint density at radius 2 is 1.36 bits per heavy atom. The van der Waals surface area contributed by atoms with Crippen molar-refractivity contribution in [3.8, 4) is 0 Å². The summed E-state index contributed by atoms with van der Waals surface area (Å²) in [5, 5.41) is 0. The zero-order chi connectivity index (χ0) is 7.78. The van der Waals surface area contributed by atoms with Crippen molar-refractivity contribution < 1.29 is 4.74 Å². The molecule has 0 amide bonds. The molecule has 11 heavy (non-hydrogen) atoms. The Labute approximate surface area is 70.1 Å². The van der Waals surface area contributed by atoms with Crippen LogP contribution in [-0.2, 0) is 4.74 Å². The maximum Gasteiger partial charge on any atom is 0.0836 e. The van der Waals surface area contributed by atoms with Crippen LogP contribution in [0.2, 0.25) is 0 Å². The standard InChI is InChI=1S/C10H19O/c1-2-4-6-8-10-11-9-7-5-3-1/h9H,1-8,10H2. The molecular formula is C10H19O. The third-order valence-corrected chi connectivity index (χ3v) is 2.20. The van der Waals surface area contributed by atoms with Gasteiger partial charge in [0.1, 0.15) is 0 Å². The van der Waals surface area contributed by atoms with Gasteiger partial charge in [-0.15, -0.1) is 0 Å². The number of ether oxygens (including phenoxy) is 1. The van der Waals surface area contributed by atoms with Gasteiger partial charge in [-0.25, -0.2) is 0 Å². The summed E-state index contributed by atoms with van der Waals surface area (Å²) < 4.78 is 5.34. The van der Waals surface area contributed by atoms with Crippen LogP contribution in [0.5, 0.6) is 0 Å². The van der Waals surface area contributed by atoms with Gasteiger partial charge in [-0.3, -0.25) is 0 Å². The highest BCUT2D eigenvalue weighted by Crippen LogP contribution is 2.11. The molecule has 1 heterocycles. The summed E-state index contributed by atoms with van der Waals surface area (Å²) in [6, 6.07) is 0. The van der Waals surface area contributed by atoms with E-state index in [1.165, 1.54) is 44.9 Å². The quantitative estimate of drug-likeness (QED) is 0.521. The van der Waals surface area contributed by atoms with E-state index in [9.17, 15) is 0 Å². The molecule has 0 unspecified atom stereocenters. The van der Waals surface area contributed by atoms with E-state index in [0.717, 1.165) is 13.0 Å². The van der Waals surface area contributed by atoms with E-state index < -0.39 is 0 Å². The van der Waals surface area contributed by atoms with Crippen LogP contribution in [0.4, 0.5) is 0 Å². The van der Waals surface area contributed by atoms with Crippen molar-refractivity contribution in [2.45, 2.75) is 51.4 Å². The highest BCUT2D eigenvalue weighted by molar-refractivity contribution is 4.55. The minimum Gasteiger partial charge on any atom is -0.376 e. The molecule has 0 aliphatic carbocycles.